The molecule has 0 bridgehead atoms. The smallest absolute Gasteiger partial charge is 0.337 e. The normalized spacial score (nSPS) is 10.4. The number of nitrogens with one attached hydrogen (secondary N) is 1. The molecular formula is C18H12Cl2N2O3S. The number of amides is 1. The Kier molecular flexibility index (Phi) is 5.56. The number of carbonyl (C=O) groups excluding carboxylic acids is 2. The van der Waals surface area contributed by atoms with Crippen LogP contribution in [0.15, 0.2) is 47.8 Å². The Hall–Kier alpha value is -2.41. The van der Waals surface area contributed by atoms with E-state index in [1.807, 2.05) is 0 Å². The highest BCUT2D eigenvalue weighted by molar-refractivity contribution is 7.14. The molecule has 5 nitrogen and oxygen atoms in total. The van der Waals surface area contributed by atoms with Gasteiger partial charge in [0, 0.05) is 21.5 Å². The minimum Gasteiger partial charge on any atom is -0.465 e. The zero-order valence-electron chi connectivity index (χ0n) is 13.5. The zero-order valence-corrected chi connectivity index (χ0v) is 15.8. The molecule has 8 heteroatoms. The lowest BCUT2D eigenvalue weighted by atomic mass is 10.1. The van der Waals surface area contributed by atoms with Gasteiger partial charge in [-0.15, -0.1) is 11.3 Å². The SMILES string of the molecule is COC(=O)c1ccc(C(=O)Nc2nc(-c3cc(Cl)ccc3Cl)cs2)cc1. The maximum Gasteiger partial charge on any atom is 0.337 e. The number of thiazole rings is 1. The molecule has 0 aliphatic rings. The van der Waals surface area contributed by atoms with Crippen molar-refractivity contribution in [2.24, 2.45) is 0 Å². The molecule has 132 valence electrons. The van der Waals surface area contributed by atoms with E-state index in [9.17, 15) is 9.59 Å². The van der Waals surface area contributed by atoms with Gasteiger partial charge in [0.15, 0.2) is 5.13 Å². The van der Waals surface area contributed by atoms with E-state index in [0.29, 0.717) is 37.6 Å². The Labute approximate surface area is 163 Å². The molecule has 0 radical (unpaired) electrons. The molecule has 0 saturated heterocycles. The molecule has 0 atom stereocenters. The van der Waals surface area contributed by atoms with E-state index < -0.39 is 5.97 Å². The van der Waals surface area contributed by atoms with Crippen molar-refractivity contribution in [1.29, 1.82) is 0 Å². The van der Waals surface area contributed by atoms with Crippen LogP contribution in [-0.4, -0.2) is 24.0 Å². The average molecular weight is 407 g/mol. The molecule has 1 N–H and O–H groups in total. The first-order chi connectivity index (χ1) is 12.5. The van der Waals surface area contributed by atoms with Gasteiger partial charge in [0.2, 0.25) is 0 Å². The Balaban J connectivity index is 1.75. The highest BCUT2D eigenvalue weighted by atomic mass is 35.5. The summed E-state index contributed by atoms with van der Waals surface area (Å²) in [5.74, 6) is -0.792. The summed E-state index contributed by atoms with van der Waals surface area (Å²) in [4.78, 5) is 28.1. The Morgan fingerprint density at radius 1 is 1.08 bits per heavy atom. The van der Waals surface area contributed by atoms with Crippen LogP contribution in [0.1, 0.15) is 20.7 Å². The van der Waals surface area contributed by atoms with E-state index in [1.165, 1.54) is 30.6 Å². The summed E-state index contributed by atoms with van der Waals surface area (Å²) in [6, 6.07) is 11.3. The summed E-state index contributed by atoms with van der Waals surface area (Å²) in [5.41, 5.74) is 2.09. The minimum absolute atomic E-state index is 0.334. The Bertz CT molecular complexity index is 971. The Morgan fingerprint density at radius 3 is 2.46 bits per heavy atom. The molecule has 3 aromatic rings. The lowest BCUT2D eigenvalue weighted by molar-refractivity contribution is 0.0600. The van der Waals surface area contributed by atoms with Crippen LogP contribution in [0.5, 0.6) is 0 Å². The van der Waals surface area contributed by atoms with Crippen molar-refractivity contribution < 1.29 is 14.3 Å². The Morgan fingerprint density at radius 2 is 1.77 bits per heavy atom. The number of carbonyl (C=O) groups is 2. The standard InChI is InChI=1S/C18H12Cl2N2O3S/c1-25-17(24)11-4-2-10(3-5-11)16(23)22-18-21-15(9-26-18)13-8-12(19)6-7-14(13)20/h2-9H,1H3,(H,21,22,23). The number of anilines is 1. The summed E-state index contributed by atoms with van der Waals surface area (Å²) < 4.78 is 4.63. The second kappa shape index (κ2) is 7.86. The molecule has 0 unspecified atom stereocenters. The number of esters is 1. The van der Waals surface area contributed by atoms with Gasteiger partial charge in [-0.3, -0.25) is 10.1 Å². The van der Waals surface area contributed by atoms with Gasteiger partial charge in [0.1, 0.15) is 0 Å². The molecule has 0 fully saturated rings. The van der Waals surface area contributed by atoms with Gasteiger partial charge in [-0.25, -0.2) is 9.78 Å². The second-order valence-corrected chi connectivity index (χ2v) is 6.89. The van der Waals surface area contributed by atoms with Gasteiger partial charge >= 0.3 is 5.97 Å². The topological polar surface area (TPSA) is 68.3 Å². The monoisotopic (exact) mass is 406 g/mol. The van der Waals surface area contributed by atoms with Crippen LogP contribution in [0.2, 0.25) is 10.0 Å². The highest BCUT2D eigenvalue weighted by Crippen LogP contribution is 2.32. The number of benzene rings is 2. The predicted octanol–water partition coefficient (Wildman–Crippen LogP) is 5.16. The largest absolute Gasteiger partial charge is 0.465 e. The summed E-state index contributed by atoms with van der Waals surface area (Å²) in [6.07, 6.45) is 0. The number of nitrogens with zero attached hydrogens (tertiary/aromatic N) is 1. The van der Waals surface area contributed by atoms with Crippen LogP contribution >= 0.6 is 34.5 Å². The summed E-state index contributed by atoms with van der Waals surface area (Å²) in [7, 11) is 1.30. The van der Waals surface area contributed by atoms with Crippen molar-refractivity contribution in [1.82, 2.24) is 4.98 Å². The van der Waals surface area contributed by atoms with E-state index in [0.717, 1.165) is 0 Å². The van der Waals surface area contributed by atoms with Crippen LogP contribution < -0.4 is 5.32 Å². The molecule has 0 aliphatic heterocycles. The quantitative estimate of drug-likeness (QED) is 0.607. The number of ether oxygens (including phenoxy) is 1. The van der Waals surface area contributed by atoms with Crippen molar-refractivity contribution in [3.63, 3.8) is 0 Å². The molecule has 2 aromatic carbocycles. The second-order valence-electron chi connectivity index (χ2n) is 5.19. The lowest BCUT2D eigenvalue weighted by Crippen LogP contribution is -2.12. The first kappa shape index (κ1) is 18.4. The fraction of sp³-hybridized carbons (Fsp3) is 0.0556. The molecule has 0 aliphatic carbocycles. The lowest BCUT2D eigenvalue weighted by Gasteiger charge is -2.04. The van der Waals surface area contributed by atoms with Crippen molar-refractivity contribution in [2.45, 2.75) is 0 Å². The number of hydrogen-bond donors (Lipinski definition) is 1. The van der Waals surface area contributed by atoms with E-state index in [-0.39, 0.29) is 5.91 Å². The van der Waals surface area contributed by atoms with Gasteiger partial charge in [-0.05, 0) is 42.5 Å². The molecule has 1 aromatic heterocycles. The first-order valence-corrected chi connectivity index (χ1v) is 9.02. The summed E-state index contributed by atoms with van der Waals surface area (Å²) in [6.45, 7) is 0. The molecule has 26 heavy (non-hydrogen) atoms. The highest BCUT2D eigenvalue weighted by Gasteiger charge is 2.13. The molecular weight excluding hydrogens is 395 g/mol. The van der Waals surface area contributed by atoms with Crippen LogP contribution in [0, 0.1) is 0 Å². The molecule has 3 rings (SSSR count). The first-order valence-electron chi connectivity index (χ1n) is 7.38. The fourth-order valence-electron chi connectivity index (χ4n) is 2.19. The number of methoxy groups -OCH3 is 1. The molecule has 1 heterocycles. The van der Waals surface area contributed by atoms with Gasteiger partial charge in [-0.1, -0.05) is 23.2 Å². The van der Waals surface area contributed by atoms with Gasteiger partial charge in [0.05, 0.1) is 23.4 Å². The maximum absolute atomic E-state index is 12.3. The van der Waals surface area contributed by atoms with E-state index in [1.54, 1.807) is 35.7 Å². The third kappa shape index (κ3) is 4.04. The molecule has 0 saturated carbocycles. The molecule has 0 spiro atoms. The van der Waals surface area contributed by atoms with Crippen molar-refractivity contribution in [3.05, 3.63) is 69.0 Å². The number of aromatic nitrogens is 1. The zero-order chi connectivity index (χ0) is 18.7. The summed E-state index contributed by atoms with van der Waals surface area (Å²) >= 11 is 13.4. The summed E-state index contributed by atoms with van der Waals surface area (Å²) in [5, 5.41) is 6.01. The van der Waals surface area contributed by atoms with E-state index in [4.69, 9.17) is 23.2 Å². The van der Waals surface area contributed by atoms with Crippen LogP contribution in [-0.2, 0) is 4.74 Å². The number of rotatable bonds is 4. The van der Waals surface area contributed by atoms with Crippen LogP contribution in [0.25, 0.3) is 11.3 Å². The third-order valence-electron chi connectivity index (χ3n) is 3.50. The third-order valence-corrected chi connectivity index (χ3v) is 4.82. The predicted molar refractivity (Wildman–Crippen MR) is 103 cm³/mol. The van der Waals surface area contributed by atoms with E-state index in [2.05, 4.69) is 15.0 Å². The fourth-order valence-corrected chi connectivity index (χ4v) is 3.29. The van der Waals surface area contributed by atoms with Gasteiger partial charge in [0.25, 0.3) is 5.91 Å². The van der Waals surface area contributed by atoms with Crippen LogP contribution in [0.4, 0.5) is 5.13 Å². The van der Waals surface area contributed by atoms with Gasteiger partial charge in [-0.2, -0.15) is 0 Å². The minimum atomic E-state index is -0.458. The van der Waals surface area contributed by atoms with E-state index >= 15 is 0 Å². The van der Waals surface area contributed by atoms with Crippen molar-refractivity contribution in [2.75, 3.05) is 12.4 Å². The van der Waals surface area contributed by atoms with Crippen molar-refractivity contribution in [3.8, 4) is 11.3 Å². The van der Waals surface area contributed by atoms with Crippen LogP contribution in [0.3, 0.4) is 0 Å². The molecule has 1 amide bonds. The number of halogens is 2. The van der Waals surface area contributed by atoms with Crippen molar-refractivity contribution >= 4 is 51.5 Å². The number of hydrogen-bond acceptors (Lipinski definition) is 5. The maximum atomic E-state index is 12.3. The van der Waals surface area contributed by atoms with Gasteiger partial charge < -0.3 is 4.74 Å². The average Bonchev–Trinajstić information content (AvgIpc) is 3.11.